The summed E-state index contributed by atoms with van der Waals surface area (Å²) in [6.45, 7) is 6.27. The first-order valence-electron chi connectivity index (χ1n) is 6.06. The van der Waals surface area contributed by atoms with Gasteiger partial charge in [0.05, 0.1) is 6.10 Å². The van der Waals surface area contributed by atoms with Crippen LogP contribution in [0.1, 0.15) is 20.8 Å². The lowest BCUT2D eigenvalue weighted by Gasteiger charge is -2.30. The van der Waals surface area contributed by atoms with Gasteiger partial charge in [-0.3, -0.25) is 0 Å². The lowest BCUT2D eigenvalue weighted by atomic mass is 10.1. The van der Waals surface area contributed by atoms with Crippen molar-refractivity contribution in [2.75, 3.05) is 6.61 Å². The molecule has 1 fully saturated rings. The maximum atomic E-state index is 9.77. The third-order valence-corrected chi connectivity index (χ3v) is 2.90. The van der Waals surface area contributed by atoms with Crippen LogP contribution in [0, 0.1) is 0 Å². The van der Waals surface area contributed by atoms with Gasteiger partial charge in [-0.2, -0.15) is 0 Å². The van der Waals surface area contributed by atoms with Crippen LogP contribution >= 0.6 is 0 Å². The predicted molar refractivity (Wildman–Crippen MR) is 60.3 cm³/mol. The zero-order chi connectivity index (χ0) is 12.4. The molecule has 2 rings (SSSR count). The van der Waals surface area contributed by atoms with Crippen LogP contribution in [0.2, 0.25) is 0 Å². The van der Waals surface area contributed by atoms with Crippen molar-refractivity contribution in [3.63, 3.8) is 0 Å². The van der Waals surface area contributed by atoms with Crippen molar-refractivity contribution in [1.29, 1.82) is 0 Å². The highest BCUT2D eigenvalue weighted by Gasteiger charge is 2.47. The molecule has 0 saturated carbocycles. The lowest BCUT2D eigenvalue weighted by molar-refractivity contribution is -0.245. The number of epoxide rings is 1. The van der Waals surface area contributed by atoms with Gasteiger partial charge in [0.25, 0.3) is 0 Å². The Morgan fingerprint density at radius 3 is 2.59 bits per heavy atom. The second kappa shape index (κ2) is 5.46. The van der Waals surface area contributed by atoms with Gasteiger partial charge in [-0.05, 0) is 26.8 Å². The minimum Gasteiger partial charge on any atom is -0.386 e. The standard InChI is InChI=1S/C12H20O5/c1-4-14-8(3)16-10-6-5-9(13)12(17-10)11-7(2)15-11/h5-13H,4H2,1-3H3/t7-,8?,9+,10-,11+,12-/m1/s1. The van der Waals surface area contributed by atoms with E-state index in [2.05, 4.69) is 0 Å². The van der Waals surface area contributed by atoms with Gasteiger partial charge in [0.1, 0.15) is 18.3 Å². The Kier molecular flexibility index (Phi) is 4.17. The average molecular weight is 244 g/mol. The second-order valence-corrected chi connectivity index (χ2v) is 4.31. The minimum absolute atomic E-state index is 0.0385. The van der Waals surface area contributed by atoms with Gasteiger partial charge in [0, 0.05) is 6.61 Å². The van der Waals surface area contributed by atoms with Crippen LogP contribution in [0.25, 0.3) is 0 Å². The summed E-state index contributed by atoms with van der Waals surface area (Å²) >= 11 is 0. The molecule has 17 heavy (non-hydrogen) atoms. The molecule has 1 saturated heterocycles. The van der Waals surface area contributed by atoms with E-state index in [0.717, 1.165) is 0 Å². The third-order valence-electron chi connectivity index (χ3n) is 2.90. The molecule has 0 bridgehead atoms. The molecule has 0 radical (unpaired) electrons. The molecule has 6 atom stereocenters. The first-order valence-corrected chi connectivity index (χ1v) is 6.06. The smallest absolute Gasteiger partial charge is 0.180 e. The monoisotopic (exact) mass is 244 g/mol. The fourth-order valence-electron chi connectivity index (χ4n) is 1.95. The molecule has 5 heteroatoms. The number of ether oxygens (including phenoxy) is 4. The lowest BCUT2D eigenvalue weighted by Crippen LogP contribution is -2.41. The SMILES string of the molecule is CCOC(C)O[C@H]1C=C[C@H](O)[C@H]([C@H]2O[C@@H]2C)O1. The molecule has 0 aromatic rings. The quantitative estimate of drug-likeness (QED) is 0.440. The van der Waals surface area contributed by atoms with Crippen LogP contribution in [0.15, 0.2) is 12.2 Å². The molecule has 0 spiro atoms. The summed E-state index contributed by atoms with van der Waals surface area (Å²) < 4.78 is 21.8. The van der Waals surface area contributed by atoms with Gasteiger partial charge >= 0.3 is 0 Å². The topological polar surface area (TPSA) is 60.5 Å². The first kappa shape index (κ1) is 13.0. The van der Waals surface area contributed by atoms with Gasteiger partial charge in [0.2, 0.25) is 0 Å². The Morgan fingerprint density at radius 2 is 2.00 bits per heavy atom. The molecule has 1 unspecified atom stereocenters. The van der Waals surface area contributed by atoms with E-state index in [4.69, 9.17) is 18.9 Å². The maximum Gasteiger partial charge on any atom is 0.180 e. The van der Waals surface area contributed by atoms with Crippen molar-refractivity contribution >= 4 is 0 Å². The van der Waals surface area contributed by atoms with Gasteiger partial charge in [0.15, 0.2) is 12.6 Å². The summed E-state index contributed by atoms with van der Waals surface area (Å²) in [5.74, 6) is 0. The zero-order valence-electron chi connectivity index (χ0n) is 10.4. The normalized spacial score (nSPS) is 42.5. The van der Waals surface area contributed by atoms with E-state index in [1.807, 2.05) is 20.8 Å². The minimum atomic E-state index is -0.632. The Balaban J connectivity index is 1.86. The Labute approximate surface area is 101 Å². The van der Waals surface area contributed by atoms with Crippen LogP contribution in [-0.4, -0.2) is 48.7 Å². The highest BCUT2D eigenvalue weighted by molar-refractivity contribution is 5.05. The molecule has 0 aromatic carbocycles. The van der Waals surface area contributed by atoms with E-state index in [1.54, 1.807) is 12.2 Å². The molecule has 2 aliphatic heterocycles. The number of hydrogen-bond acceptors (Lipinski definition) is 5. The van der Waals surface area contributed by atoms with E-state index in [9.17, 15) is 5.11 Å². The molecule has 2 heterocycles. The van der Waals surface area contributed by atoms with Crippen molar-refractivity contribution in [2.24, 2.45) is 0 Å². The average Bonchev–Trinajstić information content (AvgIpc) is 2.99. The third kappa shape index (κ3) is 3.26. The van der Waals surface area contributed by atoms with E-state index in [1.165, 1.54) is 0 Å². The zero-order valence-corrected chi connectivity index (χ0v) is 10.4. The van der Waals surface area contributed by atoms with Crippen LogP contribution < -0.4 is 0 Å². The predicted octanol–water partition coefficient (Wildman–Crippen LogP) is 0.815. The van der Waals surface area contributed by atoms with Crippen molar-refractivity contribution in [3.05, 3.63) is 12.2 Å². The summed E-state index contributed by atoms with van der Waals surface area (Å²) in [6.07, 6.45) is 1.69. The molecular formula is C12H20O5. The van der Waals surface area contributed by atoms with E-state index < -0.39 is 12.4 Å². The highest BCUT2D eigenvalue weighted by atomic mass is 16.8. The molecular weight excluding hydrogens is 224 g/mol. The fraction of sp³-hybridized carbons (Fsp3) is 0.833. The summed E-state index contributed by atoms with van der Waals surface area (Å²) in [7, 11) is 0. The number of aliphatic hydroxyl groups is 1. The number of rotatable bonds is 5. The Morgan fingerprint density at radius 1 is 1.29 bits per heavy atom. The summed E-state index contributed by atoms with van der Waals surface area (Å²) in [4.78, 5) is 0. The molecule has 98 valence electrons. The van der Waals surface area contributed by atoms with Crippen LogP contribution in [0.4, 0.5) is 0 Å². The first-order chi connectivity index (χ1) is 8.11. The van der Waals surface area contributed by atoms with E-state index in [-0.39, 0.29) is 24.6 Å². The van der Waals surface area contributed by atoms with Crippen molar-refractivity contribution in [3.8, 4) is 0 Å². The van der Waals surface area contributed by atoms with Crippen molar-refractivity contribution in [1.82, 2.24) is 0 Å². The van der Waals surface area contributed by atoms with Crippen molar-refractivity contribution < 1.29 is 24.1 Å². The van der Waals surface area contributed by atoms with Crippen LogP contribution in [0.5, 0.6) is 0 Å². The molecule has 2 aliphatic rings. The van der Waals surface area contributed by atoms with E-state index >= 15 is 0 Å². The molecule has 5 nitrogen and oxygen atoms in total. The molecule has 0 aromatic heterocycles. The summed E-state index contributed by atoms with van der Waals surface area (Å²) in [6, 6.07) is 0. The van der Waals surface area contributed by atoms with Gasteiger partial charge in [-0.25, -0.2) is 0 Å². The summed E-state index contributed by atoms with van der Waals surface area (Å²) in [5.41, 5.74) is 0. The van der Waals surface area contributed by atoms with Gasteiger partial charge in [-0.1, -0.05) is 6.08 Å². The Bertz CT molecular complexity index is 280. The summed E-state index contributed by atoms with van der Waals surface area (Å²) in [5, 5.41) is 9.77. The van der Waals surface area contributed by atoms with E-state index in [0.29, 0.717) is 6.61 Å². The molecule has 0 amide bonds. The Hall–Kier alpha value is -0.460. The van der Waals surface area contributed by atoms with Crippen molar-refractivity contribution in [2.45, 2.75) is 57.8 Å². The second-order valence-electron chi connectivity index (χ2n) is 4.31. The molecule has 0 aliphatic carbocycles. The van der Waals surface area contributed by atoms with Crippen LogP contribution in [-0.2, 0) is 18.9 Å². The number of hydrogen-bond donors (Lipinski definition) is 1. The number of aliphatic hydroxyl groups excluding tert-OH is 1. The van der Waals surface area contributed by atoms with Gasteiger partial charge < -0.3 is 24.1 Å². The van der Waals surface area contributed by atoms with Gasteiger partial charge in [-0.15, -0.1) is 0 Å². The maximum absolute atomic E-state index is 9.77. The molecule has 1 N–H and O–H groups in total. The van der Waals surface area contributed by atoms with Crippen LogP contribution in [0.3, 0.4) is 0 Å². The largest absolute Gasteiger partial charge is 0.386 e. The highest BCUT2D eigenvalue weighted by Crippen LogP contribution is 2.31. The fourth-order valence-corrected chi connectivity index (χ4v) is 1.95.